The van der Waals surface area contributed by atoms with Gasteiger partial charge < -0.3 is 14.9 Å². The summed E-state index contributed by atoms with van der Waals surface area (Å²) in [5.41, 5.74) is 0.828. The molecule has 0 aliphatic carbocycles. The van der Waals surface area contributed by atoms with E-state index in [0.29, 0.717) is 6.54 Å². The number of likely N-dealkylation sites (N-methyl/N-ethyl adjacent to an activating group) is 2. The number of aliphatic hydroxyl groups excluding tert-OH is 1. The number of rotatable bonds is 5. The van der Waals surface area contributed by atoms with Crippen LogP contribution in [0.25, 0.3) is 0 Å². The maximum absolute atomic E-state index is 11.9. The topological polar surface area (TPSA) is 43.8 Å². The third-order valence-corrected chi connectivity index (χ3v) is 3.05. The van der Waals surface area contributed by atoms with Crippen molar-refractivity contribution in [2.75, 3.05) is 27.7 Å². The zero-order valence-electron chi connectivity index (χ0n) is 11.5. The molecule has 0 aliphatic heterocycles. The summed E-state index contributed by atoms with van der Waals surface area (Å²) in [6.45, 7) is 2.20. The summed E-state index contributed by atoms with van der Waals surface area (Å²) >= 11 is 0. The molecule has 0 spiro atoms. The molecule has 0 unspecified atom stereocenters. The molecule has 4 nitrogen and oxygen atoms in total. The third kappa shape index (κ3) is 3.82. The first-order valence-corrected chi connectivity index (χ1v) is 6.07. The molecule has 0 radical (unpaired) electrons. The molecular weight excluding hydrogens is 228 g/mol. The van der Waals surface area contributed by atoms with Gasteiger partial charge in [0.15, 0.2) is 0 Å². The van der Waals surface area contributed by atoms with E-state index < -0.39 is 6.10 Å². The van der Waals surface area contributed by atoms with Crippen molar-refractivity contribution < 1.29 is 9.90 Å². The second kappa shape index (κ2) is 6.52. The lowest BCUT2D eigenvalue weighted by atomic mass is 10.0. The Kier molecular flexibility index (Phi) is 5.31. The van der Waals surface area contributed by atoms with E-state index in [9.17, 15) is 9.90 Å². The summed E-state index contributed by atoms with van der Waals surface area (Å²) in [7, 11) is 5.43. The van der Waals surface area contributed by atoms with Gasteiger partial charge in [-0.2, -0.15) is 0 Å². The highest BCUT2D eigenvalue weighted by molar-refractivity contribution is 5.78. The van der Waals surface area contributed by atoms with Crippen LogP contribution in [0.5, 0.6) is 0 Å². The number of nitrogens with zero attached hydrogens (tertiary/aromatic N) is 2. The number of aliphatic hydroxyl groups is 1. The average molecular weight is 250 g/mol. The first kappa shape index (κ1) is 14.7. The normalized spacial score (nSPS) is 14.3. The van der Waals surface area contributed by atoms with Crippen molar-refractivity contribution in [2.24, 2.45) is 0 Å². The van der Waals surface area contributed by atoms with Gasteiger partial charge in [-0.05, 0) is 26.6 Å². The summed E-state index contributed by atoms with van der Waals surface area (Å²) in [5, 5.41) is 10.2. The largest absolute Gasteiger partial charge is 0.386 e. The number of amides is 1. The molecule has 0 aliphatic rings. The number of carbonyl (C=O) groups is 1. The van der Waals surface area contributed by atoms with Crippen molar-refractivity contribution in [3.63, 3.8) is 0 Å². The highest BCUT2D eigenvalue weighted by Gasteiger charge is 2.23. The summed E-state index contributed by atoms with van der Waals surface area (Å²) in [4.78, 5) is 15.3. The average Bonchev–Trinajstić information content (AvgIpc) is 2.36. The van der Waals surface area contributed by atoms with Gasteiger partial charge in [-0.3, -0.25) is 4.79 Å². The Morgan fingerprint density at radius 1 is 1.22 bits per heavy atom. The number of benzene rings is 1. The minimum atomic E-state index is -0.665. The summed E-state index contributed by atoms with van der Waals surface area (Å²) in [6, 6.07) is 9.15. The highest BCUT2D eigenvalue weighted by atomic mass is 16.3. The fourth-order valence-corrected chi connectivity index (χ4v) is 1.75. The molecule has 1 N–H and O–H groups in total. The highest BCUT2D eigenvalue weighted by Crippen LogP contribution is 2.19. The summed E-state index contributed by atoms with van der Waals surface area (Å²) < 4.78 is 0. The van der Waals surface area contributed by atoms with Crippen LogP contribution in [0.2, 0.25) is 0 Å². The van der Waals surface area contributed by atoms with E-state index in [1.165, 1.54) is 0 Å². The molecule has 100 valence electrons. The van der Waals surface area contributed by atoms with Gasteiger partial charge in [0.1, 0.15) is 0 Å². The Morgan fingerprint density at radius 3 is 2.28 bits per heavy atom. The third-order valence-electron chi connectivity index (χ3n) is 3.05. The molecule has 1 aromatic rings. The maximum Gasteiger partial charge on any atom is 0.236 e. The maximum atomic E-state index is 11.9. The van der Waals surface area contributed by atoms with Crippen LogP contribution in [0.15, 0.2) is 30.3 Å². The summed E-state index contributed by atoms with van der Waals surface area (Å²) in [6.07, 6.45) is -0.665. The van der Waals surface area contributed by atoms with Crippen LogP contribution in [-0.2, 0) is 4.79 Å². The van der Waals surface area contributed by atoms with E-state index in [1.807, 2.05) is 56.3 Å². The van der Waals surface area contributed by atoms with Crippen LogP contribution >= 0.6 is 0 Å². The van der Waals surface area contributed by atoms with Gasteiger partial charge in [-0.15, -0.1) is 0 Å². The van der Waals surface area contributed by atoms with Gasteiger partial charge in [0.25, 0.3) is 0 Å². The van der Waals surface area contributed by atoms with Gasteiger partial charge in [0.2, 0.25) is 5.91 Å². The van der Waals surface area contributed by atoms with Crippen molar-refractivity contribution in [3.8, 4) is 0 Å². The zero-order chi connectivity index (χ0) is 13.7. The number of carbonyl (C=O) groups excluding carboxylic acids is 1. The Morgan fingerprint density at radius 2 is 1.78 bits per heavy atom. The second-order valence-corrected chi connectivity index (χ2v) is 4.84. The molecule has 1 aromatic carbocycles. The molecule has 0 saturated carbocycles. The fraction of sp³-hybridized carbons (Fsp3) is 0.500. The molecule has 0 aromatic heterocycles. The van der Waals surface area contributed by atoms with Crippen molar-refractivity contribution in [2.45, 2.75) is 19.1 Å². The van der Waals surface area contributed by atoms with Crippen LogP contribution in [0.1, 0.15) is 18.6 Å². The molecule has 0 saturated heterocycles. The molecule has 18 heavy (non-hydrogen) atoms. The van der Waals surface area contributed by atoms with E-state index in [0.717, 1.165) is 5.56 Å². The fourth-order valence-electron chi connectivity index (χ4n) is 1.75. The van der Waals surface area contributed by atoms with Gasteiger partial charge in [0, 0.05) is 7.05 Å². The van der Waals surface area contributed by atoms with Crippen molar-refractivity contribution >= 4 is 5.91 Å². The lowest BCUT2D eigenvalue weighted by molar-refractivity contribution is -0.134. The molecule has 4 heteroatoms. The van der Waals surface area contributed by atoms with Gasteiger partial charge >= 0.3 is 0 Å². The van der Waals surface area contributed by atoms with E-state index in [4.69, 9.17) is 0 Å². The Hall–Kier alpha value is -1.39. The van der Waals surface area contributed by atoms with Crippen LogP contribution < -0.4 is 0 Å². The van der Waals surface area contributed by atoms with E-state index in [1.54, 1.807) is 11.9 Å². The minimum absolute atomic E-state index is 0.00230. The van der Waals surface area contributed by atoms with Crippen LogP contribution in [0, 0.1) is 0 Å². The second-order valence-electron chi connectivity index (χ2n) is 4.84. The molecule has 1 amide bonds. The minimum Gasteiger partial charge on any atom is -0.386 e. The first-order chi connectivity index (χ1) is 8.43. The van der Waals surface area contributed by atoms with Crippen molar-refractivity contribution in [1.82, 2.24) is 9.80 Å². The predicted molar refractivity (Wildman–Crippen MR) is 72.2 cm³/mol. The molecular formula is C14H22N2O2. The van der Waals surface area contributed by atoms with Gasteiger partial charge in [0.05, 0.1) is 18.7 Å². The van der Waals surface area contributed by atoms with Gasteiger partial charge in [-0.25, -0.2) is 0 Å². The smallest absolute Gasteiger partial charge is 0.236 e. The summed E-state index contributed by atoms with van der Waals surface area (Å²) in [5.74, 6) is 0.00230. The molecule has 1 rings (SSSR count). The Labute approximate surface area is 109 Å². The van der Waals surface area contributed by atoms with E-state index in [2.05, 4.69) is 0 Å². The van der Waals surface area contributed by atoms with E-state index >= 15 is 0 Å². The van der Waals surface area contributed by atoms with E-state index in [-0.39, 0.29) is 11.9 Å². The quantitative estimate of drug-likeness (QED) is 0.852. The number of hydrogen-bond acceptors (Lipinski definition) is 3. The molecule has 0 fully saturated rings. The SMILES string of the molecule is C[C@@H]([C@@H](O)c1ccccc1)N(C)C(=O)CN(C)C. The first-order valence-electron chi connectivity index (χ1n) is 6.07. The standard InChI is InChI=1S/C14H22N2O2/c1-11(16(4)13(17)10-15(2)3)14(18)12-8-6-5-7-9-12/h5-9,11,14,18H,10H2,1-4H3/t11-,14+/m0/s1. The molecule has 0 heterocycles. The van der Waals surface area contributed by atoms with Crippen LogP contribution in [-0.4, -0.2) is 54.5 Å². The Bertz CT molecular complexity index is 379. The lowest BCUT2D eigenvalue weighted by Gasteiger charge is -2.30. The predicted octanol–water partition coefficient (Wildman–Crippen LogP) is 1.13. The zero-order valence-corrected chi connectivity index (χ0v) is 11.5. The van der Waals surface area contributed by atoms with Crippen molar-refractivity contribution in [3.05, 3.63) is 35.9 Å². The Balaban J connectivity index is 2.69. The lowest BCUT2D eigenvalue weighted by Crippen LogP contribution is -2.43. The van der Waals surface area contributed by atoms with Gasteiger partial charge in [-0.1, -0.05) is 30.3 Å². The molecule has 0 bridgehead atoms. The molecule has 2 atom stereocenters. The number of hydrogen-bond donors (Lipinski definition) is 1. The monoisotopic (exact) mass is 250 g/mol. The van der Waals surface area contributed by atoms with Crippen LogP contribution in [0.4, 0.5) is 0 Å². The van der Waals surface area contributed by atoms with Crippen molar-refractivity contribution in [1.29, 1.82) is 0 Å². The van der Waals surface area contributed by atoms with Crippen LogP contribution in [0.3, 0.4) is 0 Å².